The van der Waals surface area contributed by atoms with Crippen LogP contribution in [-0.4, -0.2) is 74.9 Å². The molecule has 1 unspecified atom stereocenters. The normalized spacial score (nSPS) is 16.9. The lowest BCUT2D eigenvalue weighted by Crippen LogP contribution is -2.45. The number of guanidine groups is 1. The van der Waals surface area contributed by atoms with Crippen molar-refractivity contribution in [2.75, 3.05) is 57.8 Å². The fraction of sp³-hybridized carbons (Fsp3) is 0.727. The monoisotopic (exact) mass is 404 g/mol. The van der Waals surface area contributed by atoms with E-state index in [0.29, 0.717) is 12.5 Å². The Labute approximate surface area is 176 Å². The molecule has 0 aromatic carbocycles. The first kappa shape index (κ1) is 23.4. The Morgan fingerprint density at radius 2 is 1.97 bits per heavy atom. The fourth-order valence-electron chi connectivity index (χ4n) is 3.52. The van der Waals surface area contributed by atoms with Gasteiger partial charge in [0.1, 0.15) is 5.82 Å². The number of anilines is 1. The summed E-state index contributed by atoms with van der Waals surface area (Å²) < 4.78 is 5.85. The topological polar surface area (TPSA) is 65.0 Å². The largest absolute Gasteiger partial charge is 0.378 e. The zero-order chi connectivity index (χ0) is 21.1. The predicted molar refractivity (Wildman–Crippen MR) is 122 cm³/mol. The van der Waals surface area contributed by atoms with Crippen molar-refractivity contribution in [3.63, 3.8) is 0 Å². The van der Waals surface area contributed by atoms with Crippen molar-refractivity contribution in [2.45, 2.75) is 46.8 Å². The summed E-state index contributed by atoms with van der Waals surface area (Å²) >= 11 is 0. The summed E-state index contributed by atoms with van der Waals surface area (Å²) in [4.78, 5) is 14.2. The third-order valence-corrected chi connectivity index (χ3v) is 5.27. The van der Waals surface area contributed by atoms with E-state index in [1.54, 1.807) is 0 Å². The van der Waals surface area contributed by atoms with Crippen molar-refractivity contribution >= 4 is 11.8 Å². The highest BCUT2D eigenvalue weighted by atomic mass is 16.5. The van der Waals surface area contributed by atoms with Gasteiger partial charge in [-0.25, -0.2) is 9.98 Å². The molecular formula is C22H40N6O. The Morgan fingerprint density at radius 1 is 1.21 bits per heavy atom. The summed E-state index contributed by atoms with van der Waals surface area (Å²) in [7, 11) is 2.17. The third kappa shape index (κ3) is 7.82. The SMILES string of the molecule is CCNC(=NCc1cccnc1N1CCN(C)CC1)NCCC(OCC)C(C)C. The predicted octanol–water partition coefficient (Wildman–Crippen LogP) is 2.34. The van der Waals surface area contributed by atoms with Crippen LogP contribution in [-0.2, 0) is 11.3 Å². The van der Waals surface area contributed by atoms with E-state index in [2.05, 4.69) is 66.2 Å². The van der Waals surface area contributed by atoms with Crippen molar-refractivity contribution in [1.82, 2.24) is 20.5 Å². The molecule has 2 rings (SSSR count). The number of ether oxygens (including phenoxy) is 1. The molecule has 7 nitrogen and oxygen atoms in total. The van der Waals surface area contributed by atoms with Gasteiger partial charge in [0.15, 0.2) is 5.96 Å². The minimum Gasteiger partial charge on any atom is -0.378 e. The molecule has 0 spiro atoms. The average Bonchev–Trinajstić information content (AvgIpc) is 2.72. The number of hydrogen-bond donors (Lipinski definition) is 2. The molecular weight excluding hydrogens is 364 g/mol. The highest BCUT2D eigenvalue weighted by Gasteiger charge is 2.18. The van der Waals surface area contributed by atoms with Crippen LogP contribution in [0.4, 0.5) is 5.82 Å². The quantitative estimate of drug-likeness (QED) is 0.461. The first-order valence-corrected chi connectivity index (χ1v) is 11.1. The van der Waals surface area contributed by atoms with Crippen molar-refractivity contribution in [3.8, 4) is 0 Å². The molecule has 1 aromatic rings. The molecule has 2 N–H and O–H groups in total. The number of piperazine rings is 1. The molecule has 1 aliphatic heterocycles. The van der Waals surface area contributed by atoms with E-state index in [1.807, 2.05) is 12.3 Å². The van der Waals surface area contributed by atoms with Gasteiger partial charge in [-0.2, -0.15) is 0 Å². The molecule has 1 saturated heterocycles. The van der Waals surface area contributed by atoms with Gasteiger partial charge in [0.25, 0.3) is 0 Å². The van der Waals surface area contributed by atoms with Crippen LogP contribution in [0, 0.1) is 5.92 Å². The van der Waals surface area contributed by atoms with E-state index in [4.69, 9.17) is 9.73 Å². The summed E-state index contributed by atoms with van der Waals surface area (Å²) in [5.41, 5.74) is 1.17. The summed E-state index contributed by atoms with van der Waals surface area (Å²) in [5.74, 6) is 2.42. The average molecular weight is 405 g/mol. The summed E-state index contributed by atoms with van der Waals surface area (Å²) in [6.45, 7) is 15.8. The number of nitrogens with zero attached hydrogens (tertiary/aromatic N) is 4. The lowest BCUT2D eigenvalue weighted by molar-refractivity contribution is 0.0258. The van der Waals surface area contributed by atoms with Gasteiger partial charge in [0, 0.05) is 57.6 Å². The van der Waals surface area contributed by atoms with Gasteiger partial charge in [0.05, 0.1) is 12.6 Å². The van der Waals surface area contributed by atoms with E-state index < -0.39 is 0 Å². The molecule has 0 amide bonds. The zero-order valence-corrected chi connectivity index (χ0v) is 18.9. The molecule has 0 radical (unpaired) electrons. The minimum atomic E-state index is 0.275. The van der Waals surface area contributed by atoms with Crippen LogP contribution in [0.5, 0.6) is 0 Å². The summed E-state index contributed by atoms with van der Waals surface area (Å²) in [5, 5.41) is 6.81. The zero-order valence-electron chi connectivity index (χ0n) is 18.9. The fourth-order valence-corrected chi connectivity index (χ4v) is 3.52. The lowest BCUT2D eigenvalue weighted by Gasteiger charge is -2.34. The summed E-state index contributed by atoms with van der Waals surface area (Å²) in [6, 6.07) is 4.14. The maximum atomic E-state index is 5.85. The van der Waals surface area contributed by atoms with E-state index in [9.17, 15) is 0 Å². The molecule has 164 valence electrons. The van der Waals surface area contributed by atoms with Gasteiger partial charge < -0.3 is 25.2 Å². The Bertz CT molecular complexity index is 613. The van der Waals surface area contributed by atoms with Gasteiger partial charge in [-0.15, -0.1) is 0 Å². The van der Waals surface area contributed by atoms with E-state index in [1.165, 1.54) is 5.56 Å². The second kappa shape index (κ2) is 12.6. The van der Waals surface area contributed by atoms with Gasteiger partial charge in [-0.3, -0.25) is 0 Å². The Kier molecular flexibility index (Phi) is 10.2. The standard InChI is InChI=1S/C22H40N6O/c1-6-23-22(25-12-10-20(18(3)4)29-7-2)26-17-19-9-8-11-24-21(19)28-15-13-27(5)14-16-28/h8-9,11,18,20H,6-7,10,12-17H2,1-5H3,(H2,23,25,26). The molecule has 0 saturated carbocycles. The van der Waals surface area contributed by atoms with Crippen LogP contribution in [0.15, 0.2) is 23.3 Å². The van der Waals surface area contributed by atoms with Gasteiger partial charge >= 0.3 is 0 Å². The minimum absolute atomic E-state index is 0.275. The number of aromatic nitrogens is 1. The number of rotatable bonds is 10. The van der Waals surface area contributed by atoms with E-state index in [-0.39, 0.29) is 6.10 Å². The van der Waals surface area contributed by atoms with E-state index >= 15 is 0 Å². The first-order valence-electron chi connectivity index (χ1n) is 11.1. The smallest absolute Gasteiger partial charge is 0.191 e. The van der Waals surface area contributed by atoms with Crippen LogP contribution >= 0.6 is 0 Å². The van der Waals surface area contributed by atoms with Crippen molar-refractivity contribution < 1.29 is 4.74 Å². The number of likely N-dealkylation sites (N-methyl/N-ethyl adjacent to an activating group) is 1. The molecule has 1 fully saturated rings. The molecule has 7 heteroatoms. The number of pyridine rings is 1. The molecule has 0 aliphatic carbocycles. The van der Waals surface area contributed by atoms with Crippen LogP contribution in [0.3, 0.4) is 0 Å². The highest BCUT2D eigenvalue weighted by molar-refractivity contribution is 5.79. The molecule has 2 heterocycles. The van der Waals surface area contributed by atoms with Crippen molar-refractivity contribution in [1.29, 1.82) is 0 Å². The van der Waals surface area contributed by atoms with Gasteiger partial charge in [-0.05, 0) is 39.3 Å². The highest BCUT2D eigenvalue weighted by Crippen LogP contribution is 2.19. The van der Waals surface area contributed by atoms with Crippen LogP contribution < -0.4 is 15.5 Å². The maximum Gasteiger partial charge on any atom is 0.191 e. The van der Waals surface area contributed by atoms with Crippen molar-refractivity contribution in [3.05, 3.63) is 23.9 Å². The van der Waals surface area contributed by atoms with Crippen LogP contribution in [0.25, 0.3) is 0 Å². The maximum absolute atomic E-state index is 5.85. The summed E-state index contributed by atoms with van der Waals surface area (Å²) in [6.07, 6.45) is 3.12. The van der Waals surface area contributed by atoms with Crippen LogP contribution in [0.1, 0.15) is 39.7 Å². The molecule has 1 aromatic heterocycles. The van der Waals surface area contributed by atoms with Gasteiger partial charge in [-0.1, -0.05) is 19.9 Å². The van der Waals surface area contributed by atoms with Crippen LogP contribution in [0.2, 0.25) is 0 Å². The number of aliphatic imine (C=N–C) groups is 1. The number of nitrogens with one attached hydrogen (secondary N) is 2. The first-order chi connectivity index (χ1) is 14.0. The number of hydrogen-bond acceptors (Lipinski definition) is 5. The second-order valence-corrected chi connectivity index (χ2v) is 7.92. The Balaban J connectivity index is 1.97. The Hall–Kier alpha value is -1.86. The Morgan fingerprint density at radius 3 is 2.62 bits per heavy atom. The molecule has 1 atom stereocenters. The van der Waals surface area contributed by atoms with Crippen molar-refractivity contribution in [2.24, 2.45) is 10.9 Å². The molecule has 0 bridgehead atoms. The second-order valence-electron chi connectivity index (χ2n) is 7.92. The van der Waals surface area contributed by atoms with Gasteiger partial charge in [0.2, 0.25) is 0 Å². The third-order valence-electron chi connectivity index (χ3n) is 5.27. The molecule has 29 heavy (non-hydrogen) atoms. The molecule has 1 aliphatic rings. The van der Waals surface area contributed by atoms with E-state index in [0.717, 1.165) is 64.1 Å². The lowest BCUT2D eigenvalue weighted by atomic mass is 10.0.